The summed E-state index contributed by atoms with van der Waals surface area (Å²) in [6, 6.07) is 0. The van der Waals surface area contributed by atoms with Gasteiger partial charge in [0.15, 0.2) is 0 Å². The van der Waals surface area contributed by atoms with Crippen LogP contribution in [0.15, 0.2) is 0 Å². The van der Waals surface area contributed by atoms with Gasteiger partial charge in [0.05, 0.1) is 31.8 Å². The molecule has 0 aliphatic heterocycles. The topological polar surface area (TPSA) is 113 Å². The third-order valence-corrected chi connectivity index (χ3v) is 2.37. The average molecular weight is 278 g/mol. The largest absolute Gasteiger partial charge is 0.463 e. The highest BCUT2D eigenvalue weighted by Gasteiger charge is 2.27. The molecule has 3 unspecified atom stereocenters. The molecule has 7 nitrogen and oxygen atoms in total. The van der Waals surface area contributed by atoms with E-state index in [2.05, 4.69) is 0 Å². The molecule has 0 heterocycles. The first-order chi connectivity index (χ1) is 8.96. The van der Waals surface area contributed by atoms with Crippen LogP contribution in [0.25, 0.3) is 0 Å². The lowest BCUT2D eigenvalue weighted by molar-refractivity contribution is -0.173. The Hall–Kier alpha value is -1.18. The van der Waals surface area contributed by atoms with Crippen molar-refractivity contribution in [3.8, 4) is 0 Å². The molecule has 0 aromatic rings. The van der Waals surface area contributed by atoms with E-state index in [0.717, 1.165) is 0 Å². The van der Waals surface area contributed by atoms with Gasteiger partial charge in [0.1, 0.15) is 0 Å². The predicted molar refractivity (Wildman–Crippen MR) is 65.1 cm³/mol. The number of aliphatic hydroxyl groups is 3. The molecule has 0 bridgehead atoms. The Morgan fingerprint density at radius 3 is 2.26 bits per heavy atom. The van der Waals surface area contributed by atoms with Gasteiger partial charge >= 0.3 is 11.9 Å². The second-order valence-electron chi connectivity index (χ2n) is 4.25. The molecule has 0 radical (unpaired) electrons. The molecule has 19 heavy (non-hydrogen) atoms. The van der Waals surface area contributed by atoms with Gasteiger partial charge in [-0.15, -0.1) is 0 Å². The summed E-state index contributed by atoms with van der Waals surface area (Å²) in [6.45, 7) is 2.37. The first-order valence-electron chi connectivity index (χ1n) is 6.23. The zero-order chi connectivity index (χ0) is 14.8. The Morgan fingerprint density at radius 1 is 1.16 bits per heavy atom. The highest BCUT2D eigenvalue weighted by Crippen LogP contribution is 2.10. The smallest absolute Gasteiger partial charge is 0.349 e. The summed E-state index contributed by atoms with van der Waals surface area (Å²) in [4.78, 5) is 23.0. The molecule has 0 aliphatic carbocycles. The summed E-state index contributed by atoms with van der Waals surface area (Å²) in [5.41, 5.74) is 0. The fourth-order valence-corrected chi connectivity index (χ4v) is 1.29. The third kappa shape index (κ3) is 7.09. The van der Waals surface area contributed by atoms with Gasteiger partial charge in [-0.25, -0.2) is 4.79 Å². The fourth-order valence-electron chi connectivity index (χ4n) is 1.29. The number of carbonyl (C=O) groups excluding carboxylic acids is 2. The van der Waals surface area contributed by atoms with E-state index in [0.29, 0.717) is 6.42 Å². The number of hydrogen-bond donors (Lipinski definition) is 3. The van der Waals surface area contributed by atoms with Gasteiger partial charge in [0, 0.05) is 0 Å². The van der Waals surface area contributed by atoms with E-state index in [1.807, 2.05) is 6.92 Å². The second kappa shape index (κ2) is 9.71. The summed E-state index contributed by atoms with van der Waals surface area (Å²) < 4.78 is 9.57. The quantitative estimate of drug-likeness (QED) is 0.474. The van der Waals surface area contributed by atoms with Crippen LogP contribution in [0.5, 0.6) is 0 Å². The van der Waals surface area contributed by atoms with E-state index in [1.54, 1.807) is 0 Å². The van der Waals surface area contributed by atoms with Gasteiger partial charge in [0.25, 0.3) is 0 Å². The number of rotatable bonds is 9. The van der Waals surface area contributed by atoms with E-state index < -0.39 is 43.3 Å². The van der Waals surface area contributed by atoms with Gasteiger partial charge in [0.2, 0.25) is 6.10 Å². The zero-order valence-electron chi connectivity index (χ0n) is 11.2. The Kier molecular flexibility index (Phi) is 9.11. The Morgan fingerprint density at radius 2 is 1.79 bits per heavy atom. The zero-order valence-corrected chi connectivity index (χ0v) is 11.2. The van der Waals surface area contributed by atoms with Crippen molar-refractivity contribution >= 4 is 11.9 Å². The maximum atomic E-state index is 11.6. The number of ether oxygens (including phenoxy) is 2. The van der Waals surface area contributed by atoms with Crippen LogP contribution < -0.4 is 0 Å². The predicted octanol–water partition coefficient (Wildman–Crippen LogP) is -0.777. The van der Waals surface area contributed by atoms with Crippen LogP contribution in [-0.4, -0.2) is 59.3 Å². The van der Waals surface area contributed by atoms with Crippen molar-refractivity contribution in [2.45, 2.75) is 38.9 Å². The summed E-state index contributed by atoms with van der Waals surface area (Å²) in [6.07, 6.45) is -1.75. The molecule has 0 saturated heterocycles. The maximum Gasteiger partial charge on any atom is 0.349 e. The highest BCUT2D eigenvalue weighted by atomic mass is 16.6. The van der Waals surface area contributed by atoms with Crippen molar-refractivity contribution in [2.24, 2.45) is 5.92 Å². The van der Waals surface area contributed by atoms with Gasteiger partial charge in [-0.1, -0.05) is 13.8 Å². The van der Waals surface area contributed by atoms with Crippen LogP contribution in [0.3, 0.4) is 0 Å². The molecule has 0 amide bonds. The van der Waals surface area contributed by atoms with Gasteiger partial charge in [-0.3, -0.25) is 4.79 Å². The normalized spacial score (nSPS) is 15.4. The van der Waals surface area contributed by atoms with E-state index >= 15 is 0 Å². The second-order valence-corrected chi connectivity index (χ2v) is 4.25. The number of carbonyl (C=O) groups is 2. The molecule has 0 fully saturated rings. The molecule has 0 spiro atoms. The first-order valence-corrected chi connectivity index (χ1v) is 6.23. The van der Waals surface area contributed by atoms with Crippen molar-refractivity contribution < 1.29 is 34.4 Å². The lowest BCUT2D eigenvalue weighted by Gasteiger charge is -2.18. The minimum Gasteiger partial charge on any atom is -0.463 e. The molecule has 3 N–H and O–H groups in total. The number of hydrogen-bond acceptors (Lipinski definition) is 7. The van der Waals surface area contributed by atoms with Gasteiger partial charge in [-0.05, 0) is 12.8 Å². The molecule has 0 aromatic carbocycles. The van der Waals surface area contributed by atoms with Crippen molar-refractivity contribution in [3.63, 3.8) is 0 Å². The highest BCUT2D eigenvalue weighted by molar-refractivity contribution is 5.80. The van der Waals surface area contributed by atoms with Crippen LogP contribution in [0, 0.1) is 5.92 Å². The third-order valence-electron chi connectivity index (χ3n) is 2.37. The Bertz CT molecular complexity index is 279. The summed E-state index contributed by atoms with van der Waals surface area (Å²) in [5, 5.41) is 26.8. The number of esters is 2. The first kappa shape index (κ1) is 17.8. The summed E-state index contributed by atoms with van der Waals surface area (Å²) in [7, 11) is 0. The van der Waals surface area contributed by atoms with Crippen LogP contribution in [0.1, 0.15) is 26.7 Å². The van der Waals surface area contributed by atoms with Crippen molar-refractivity contribution in [1.29, 1.82) is 0 Å². The van der Waals surface area contributed by atoms with Crippen molar-refractivity contribution in [3.05, 3.63) is 0 Å². The van der Waals surface area contributed by atoms with Crippen LogP contribution in [0.2, 0.25) is 0 Å². The van der Waals surface area contributed by atoms with E-state index in [1.165, 1.54) is 6.92 Å². The summed E-state index contributed by atoms with van der Waals surface area (Å²) >= 11 is 0. The monoisotopic (exact) mass is 278 g/mol. The standard InChI is InChI=1S/C12H22O7/c1-3-4-18-12(17)10(7-14)19-11(16)8(2)5-9(15)6-13/h8-10,13-15H,3-7H2,1-2H3. The van der Waals surface area contributed by atoms with Crippen LogP contribution in [0.4, 0.5) is 0 Å². The lowest BCUT2D eigenvalue weighted by Crippen LogP contribution is -2.35. The van der Waals surface area contributed by atoms with E-state index in [9.17, 15) is 14.7 Å². The Labute approximate surface area is 112 Å². The molecule has 3 atom stereocenters. The fraction of sp³-hybridized carbons (Fsp3) is 0.833. The lowest BCUT2D eigenvalue weighted by atomic mass is 10.0. The van der Waals surface area contributed by atoms with Crippen molar-refractivity contribution in [2.75, 3.05) is 19.8 Å². The molecule has 0 aromatic heterocycles. The van der Waals surface area contributed by atoms with Crippen LogP contribution >= 0.6 is 0 Å². The molecule has 7 heteroatoms. The summed E-state index contributed by atoms with van der Waals surface area (Å²) in [5.74, 6) is -2.23. The molecule has 0 rings (SSSR count). The molecule has 0 saturated carbocycles. The maximum absolute atomic E-state index is 11.6. The average Bonchev–Trinajstić information content (AvgIpc) is 2.41. The minimum absolute atomic E-state index is 0.0114. The van der Waals surface area contributed by atoms with E-state index in [4.69, 9.17) is 19.7 Å². The van der Waals surface area contributed by atoms with Gasteiger partial charge < -0.3 is 24.8 Å². The van der Waals surface area contributed by atoms with E-state index in [-0.39, 0.29) is 13.0 Å². The van der Waals surface area contributed by atoms with Crippen LogP contribution in [-0.2, 0) is 19.1 Å². The molecule has 0 aliphatic rings. The Balaban J connectivity index is 4.29. The number of aliphatic hydroxyl groups excluding tert-OH is 3. The van der Waals surface area contributed by atoms with Gasteiger partial charge in [-0.2, -0.15) is 0 Å². The minimum atomic E-state index is -1.35. The molecular weight excluding hydrogens is 256 g/mol. The SMILES string of the molecule is CCCOC(=O)C(CO)OC(=O)C(C)CC(O)CO. The van der Waals surface area contributed by atoms with Crippen molar-refractivity contribution in [1.82, 2.24) is 0 Å². The molecular formula is C12H22O7. The molecule has 112 valence electrons.